The zero-order valence-corrected chi connectivity index (χ0v) is 29.9. The number of esters is 1. The minimum absolute atomic E-state index is 0.0441. The van der Waals surface area contributed by atoms with Crippen molar-refractivity contribution in [2.45, 2.75) is 171 Å². The first-order valence-electron chi connectivity index (χ1n) is 19.2. The summed E-state index contributed by atoms with van der Waals surface area (Å²) < 4.78 is 37.1. The van der Waals surface area contributed by atoms with E-state index in [2.05, 4.69) is 20.4 Å². The topological polar surface area (TPSA) is 174 Å². The van der Waals surface area contributed by atoms with Crippen molar-refractivity contribution in [2.24, 2.45) is 28.1 Å². The molecule has 5 N–H and O–H groups in total. The lowest BCUT2D eigenvalue weighted by Gasteiger charge is -2.64. The Morgan fingerprint density at radius 1 is 0.820 bits per heavy atom. The van der Waals surface area contributed by atoms with E-state index in [-0.39, 0.29) is 49.0 Å². The van der Waals surface area contributed by atoms with Gasteiger partial charge in [0.25, 0.3) is 0 Å². The highest BCUT2D eigenvalue weighted by molar-refractivity contribution is 5.77. The number of hydrogen-bond donors (Lipinski definition) is 5. The monoisotopic (exact) mass is 708 g/mol. The summed E-state index contributed by atoms with van der Waals surface area (Å²) in [7, 11) is 0. The van der Waals surface area contributed by atoms with E-state index in [1.54, 1.807) is 0 Å². The van der Waals surface area contributed by atoms with Crippen LogP contribution in [0.15, 0.2) is 12.2 Å². The van der Waals surface area contributed by atoms with E-state index in [1.807, 2.05) is 0 Å². The molecular formula is C38H60O12. The van der Waals surface area contributed by atoms with Gasteiger partial charge in [-0.25, -0.2) is 0 Å². The molecule has 1 spiro atoms. The predicted octanol–water partition coefficient (Wildman–Crippen LogP) is 3.24. The zero-order valence-electron chi connectivity index (χ0n) is 29.9. The van der Waals surface area contributed by atoms with Crippen LogP contribution in [0.25, 0.3) is 0 Å². The molecule has 10 unspecified atom stereocenters. The van der Waals surface area contributed by atoms with Crippen molar-refractivity contribution >= 4 is 5.97 Å². The van der Waals surface area contributed by atoms with Gasteiger partial charge in [0.2, 0.25) is 6.29 Å². The number of carbonyl (C=O) groups is 1. The van der Waals surface area contributed by atoms with E-state index in [0.29, 0.717) is 38.0 Å². The average molecular weight is 709 g/mol. The first-order valence-corrected chi connectivity index (χ1v) is 19.2. The van der Waals surface area contributed by atoms with E-state index < -0.39 is 66.5 Å². The maximum absolute atomic E-state index is 14.3. The number of fused-ring (bicyclic) bond motifs is 3. The second-order valence-corrected chi connectivity index (χ2v) is 17.3. The highest BCUT2D eigenvalue weighted by atomic mass is 16.7. The quantitative estimate of drug-likeness (QED) is 0.135. The average Bonchev–Trinajstić information content (AvgIpc) is 3.28. The van der Waals surface area contributed by atoms with Crippen LogP contribution >= 0.6 is 0 Å². The van der Waals surface area contributed by atoms with Crippen molar-refractivity contribution in [3.63, 3.8) is 0 Å². The third-order valence-corrected chi connectivity index (χ3v) is 14.2. The molecule has 4 saturated carbocycles. The number of carbonyl (C=O) groups excluding carboxylic acids is 1. The van der Waals surface area contributed by atoms with E-state index in [9.17, 15) is 30.3 Å². The molecule has 0 radical (unpaired) electrons. The Bertz CT molecular complexity index is 1250. The summed E-state index contributed by atoms with van der Waals surface area (Å²) in [4.78, 5) is 14.3. The van der Waals surface area contributed by atoms with Crippen LogP contribution in [0.2, 0.25) is 0 Å². The molecule has 12 nitrogen and oxygen atoms in total. The van der Waals surface area contributed by atoms with Crippen molar-refractivity contribution in [2.75, 3.05) is 19.8 Å². The zero-order chi connectivity index (χ0) is 35.5. The van der Waals surface area contributed by atoms with Crippen LogP contribution in [-0.2, 0) is 33.2 Å². The van der Waals surface area contributed by atoms with Gasteiger partial charge in [0.05, 0.1) is 61.4 Å². The lowest BCUT2D eigenvalue weighted by atomic mass is 9.41. The molecule has 3 saturated heterocycles. The normalized spacial score (nSPS) is 50.7. The van der Waals surface area contributed by atoms with Crippen LogP contribution in [0.1, 0.15) is 110 Å². The van der Waals surface area contributed by atoms with Crippen LogP contribution in [0, 0.1) is 28.1 Å². The molecule has 0 amide bonds. The number of rotatable bonds is 9. The molecule has 3 heterocycles. The standard InChI is InChI=1S/C38H60O12/c1-22-17-37-11-7-29-35(2,30(37)8-12-38(22,21-37)50-31-6-5-27(43)28(20-41)48-31)9-4-10-36(29,3)34(44)49-33-16-24(15-26(19-40)47-33)45-32-14-23(42)13-25(18-39)46-32/h23-33,39-43H,1,4-21H2,2-3H3/t23?,24?,25?,26?,27-,28?,29?,30?,31?,32?,33?,35+,36+,37+,38-/m0/s1. The maximum Gasteiger partial charge on any atom is 0.314 e. The molecule has 0 aromatic rings. The van der Waals surface area contributed by atoms with Crippen molar-refractivity contribution in [3.05, 3.63) is 12.2 Å². The SMILES string of the molecule is C=C1C[C@@]23CCC4[C@@](C)(CCC[C@@]4(C)C(=O)OC4CC(OC5CC(O)CC(CO)O5)CC(CO)O4)C2CC[C@]1(OC1CC[C@H](O)C(CO)O1)C3. The van der Waals surface area contributed by atoms with Gasteiger partial charge in [0.15, 0.2) is 12.6 Å². The van der Waals surface area contributed by atoms with E-state index in [4.69, 9.17) is 28.4 Å². The summed E-state index contributed by atoms with van der Waals surface area (Å²) in [5.41, 5.74) is -0.0578. The molecule has 284 valence electrons. The molecule has 0 aromatic heterocycles. The summed E-state index contributed by atoms with van der Waals surface area (Å²) in [6.45, 7) is 8.36. The molecule has 7 aliphatic rings. The third-order valence-electron chi connectivity index (χ3n) is 14.2. The van der Waals surface area contributed by atoms with Crippen LogP contribution in [-0.4, -0.2) is 112 Å². The highest BCUT2D eigenvalue weighted by Gasteiger charge is 2.68. The Labute approximate surface area is 295 Å². The van der Waals surface area contributed by atoms with Crippen LogP contribution in [0.5, 0.6) is 0 Å². The Hall–Kier alpha value is -1.19. The first kappa shape index (κ1) is 37.1. The van der Waals surface area contributed by atoms with Crippen molar-refractivity contribution < 1.29 is 58.7 Å². The lowest BCUT2D eigenvalue weighted by molar-refractivity contribution is -0.279. The fourth-order valence-corrected chi connectivity index (χ4v) is 12.0. The van der Waals surface area contributed by atoms with Crippen LogP contribution in [0.3, 0.4) is 0 Å². The molecule has 7 fully saturated rings. The first-order chi connectivity index (χ1) is 23.8. The van der Waals surface area contributed by atoms with Crippen molar-refractivity contribution in [1.82, 2.24) is 0 Å². The van der Waals surface area contributed by atoms with E-state index in [1.165, 1.54) is 0 Å². The summed E-state index contributed by atoms with van der Waals surface area (Å²) in [5.74, 6) is 0.294. The predicted molar refractivity (Wildman–Crippen MR) is 178 cm³/mol. The Balaban J connectivity index is 1.03. The minimum atomic E-state index is -0.875. The number of aliphatic hydroxyl groups excluding tert-OH is 5. The third kappa shape index (κ3) is 6.62. The Kier molecular flexibility index (Phi) is 10.6. The molecular weight excluding hydrogens is 648 g/mol. The molecule has 2 bridgehead atoms. The maximum atomic E-state index is 14.3. The number of aliphatic hydroxyl groups is 5. The summed E-state index contributed by atoms with van der Waals surface area (Å²) in [5, 5.41) is 49.8. The van der Waals surface area contributed by atoms with E-state index >= 15 is 0 Å². The Morgan fingerprint density at radius 3 is 2.32 bits per heavy atom. The lowest BCUT2D eigenvalue weighted by Crippen LogP contribution is -2.60. The summed E-state index contributed by atoms with van der Waals surface area (Å²) >= 11 is 0. The van der Waals surface area contributed by atoms with Gasteiger partial charge in [-0.1, -0.05) is 19.9 Å². The van der Waals surface area contributed by atoms with Gasteiger partial charge in [0.1, 0.15) is 6.10 Å². The molecule has 15 atom stereocenters. The second kappa shape index (κ2) is 14.2. The number of hydrogen-bond acceptors (Lipinski definition) is 12. The van der Waals surface area contributed by atoms with Crippen molar-refractivity contribution in [1.29, 1.82) is 0 Å². The fourth-order valence-electron chi connectivity index (χ4n) is 12.0. The molecule has 50 heavy (non-hydrogen) atoms. The van der Waals surface area contributed by atoms with Gasteiger partial charge < -0.3 is 54.0 Å². The Morgan fingerprint density at radius 2 is 1.56 bits per heavy atom. The van der Waals surface area contributed by atoms with Crippen LogP contribution in [0.4, 0.5) is 0 Å². The largest absolute Gasteiger partial charge is 0.435 e. The minimum Gasteiger partial charge on any atom is -0.435 e. The van der Waals surface area contributed by atoms with Gasteiger partial charge in [0, 0.05) is 32.1 Å². The van der Waals surface area contributed by atoms with Gasteiger partial charge in [-0.15, -0.1) is 0 Å². The fraction of sp³-hybridized carbons (Fsp3) is 0.921. The van der Waals surface area contributed by atoms with Gasteiger partial charge >= 0.3 is 5.97 Å². The van der Waals surface area contributed by atoms with E-state index in [0.717, 1.165) is 63.4 Å². The molecule has 12 heteroatoms. The van der Waals surface area contributed by atoms with Gasteiger partial charge in [-0.3, -0.25) is 4.79 Å². The molecule has 0 aromatic carbocycles. The molecule has 4 aliphatic carbocycles. The number of ether oxygens (including phenoxy) is 6. The summed E-state index contributed by atoms with van der Waals surface area (Å²) in [6, 6.07) is 0. The van der Waals surface area contributed by atoms with Crippen LogP contribution < -0.4 is 0 Å². The molecule has 3 aliphatic heterocycles. The molecule has 7 rings (SSSR count). The van der Waals surface area contributed by atoms with Crippen molar-refractivity contribution in [3.8, 4) is 0 Å². The smallest absolute Gasteiger partial charge is 0.314 e. The van der Waals surface area contributed by atoms with Gasteiger partial charge in [-0.2, -0.15) is 0 Å². The summed E-state index contributed by atoms with van der Waals surface area (Å²) in [6.07, 6.45) is 5.19. The highest BCUT2D eigenvalue weighted by Crippen LogP contribution is 2.73. The second-order valence-electron chi connectivity index (χ2n) is 17.3. The van der Waals surface area contributed by atoms with Gasteiger partial charge in [-0.05, 0) is 93.0 Å².